The number of aliphatic hydroxyl groups is 1. The van der Waals surface area contributed by atoms with Crippen LogP contribution in [0.15, 0.2) is 106 Å². The predicted molar refractivity (Wildman–Crippen MR) is 180 cm³/mol. The standard InChI is InChI=1S/C37H34FN5O4S/c1-36(23-44)22-43-34(47-36)31(21-39-43)48(46,41-35(45)40-33-29-19-17-27(29)32(38)28-18-20-30(28)33)42-37(24-11-5-2-6-12-24,25-13-7-3-8-14-25)26-15-9-4-10-16-26/h2-16,21,44H,17-20,22-23H2,1H3,(H2,40,41,42,45,46)/t36-,48+/m1/s1. The van der Waals surface area contributed by atoms with E-state index in [9.17, 15) is 14.3 Å². The summed E-state index contributed by atoms with van der Waals surface area (Å²) in [5.41, 5.74) is 3.22. The third-order valence-electron chi connectivity index (χ3n) is 9.64. The third kappa shape index (κ3) is 4.71. The minimum Gasteiger partial charge on any atom is -0.466 e. The van der Waals surface area contributed by atoms with Gasteiger partial charge in [0.2, 0.25) is 5.88 Å². The first-order chi connectivity index (χ1) is 23.2. The number of aromatic nitrogens is 2. The van der Waals surface area contributed by atoms with E-state index in [2.05, 4.69) is 15.1 Å². The van der Waals surface area contributed by atoms with Gasteiger partial charge in [0, 0.05) is 5.69 Å². The van der Waals surface area contributed by atoms with Gasteiger partial charge in [-0.25, -0.2) is 22.8 Å². The molecule has 8 rings (SSSR count). The van der Waals surface area contributed by atoms with Crippen molar-refractivity contribution >= 4 is 21.6 Å². The molecule has 0 saturated heterocycles. The molecule has 2 amide bonds. The van der Waals surface area contributed by atoms with Crippen LogP contribution in [-0.4, -0.2) is 37.3 Å². The maximum atomic E-state index is 15.8. The van der Waals surface area contributed by atoms with Crippen molar-refractivity contribution in [2.24, 2.45) is 4.36 Å². The summed E-state index contributed by atoms with van der Waals surface area (Å²) in [6.45, 7) is 1.65. The smallest absolute Gasteiger partial charge is 0.331 e. The van der Waals surface area contributed by atoms with Crippen LogP contribution < -0.4 is 14.8 Å². The van der Waals surface area contributed by atoms with Crippen molar-refractivity contribution < 1.29 is 23.2 Å². The molecule has 3 N–H and O–H groups in total. The Morgan fingerprint density at radius 2 is 1.42 bits per heavy atom. The molecular formula is C37H34FN5O4S. The van der Waals surface area contributed by atoms with Crippen molar-refractivity contribution in [1.29, 1.82) is 0 Å². The van der Waals surface area contributed by atoms with Crippen LogP contribution in [0.3, 0.4) is 0 Å². The molecule has 11 heteroatoms. The molecule has 2 atom stereocenters. The second kappa shape index (κ2) is 11.3. The second-order valence-corrected chi connectivity index (χ2v) is 14.6. The lowest BCUT2D eigenvalue weighted by molar-refractivity contribution is 0.0399. The molecule has 0 bridgehead atoms. The lowest BCUT2D eigenvalue weighted by Crippen LogP contribution is -2.39. The summed E-state index contributed by atoms with van der Waals surface area (Å²) in [6, 6.07) is 27.8. The molecule has 2 heterocycles. The SMILES string of the molecule is C[C@]1(CO)Cn2ncc([S@@](=O)(=NC(c3ccccc3)(c3ccccc3)c3ccccc3)NC(=O)Nc3c4c(c(F)c5c3CC5)CC4)c2O1. The van der Waals surface area contributed by atoms with E-state index in [1.807, 2.05) is 91.0 Å². The van der Waals surface area contributed by atoms with Crippen LogP contribution in [-0.2, 0) is 47.7 Å². The molecule has 48 heavy (non-hydrogen) atoms. The molecule has 0 spiro atoms. The number of amides is 2. The maximum absolute atomic E-state index is 15.8. The molecule has 0 saturated carbocycles. The molecule has 244 valence electrons. The zero-order valence-electron chi connectivity index (χ0n) is 26.3. The quantitative estimate of drug-likeness (QED) is 0.178. The zero-order chi connectivity index (χ0) is 33.1. The molecule has 2 aliphatic carbocycles. The highest BCUT2D eigenvalue weighted by molar-refractivity contribution is 7.92. The average Bonchev–Trinajstić information content (AvgIpc) is 3.60. The number of carbonyl (C=O) groups is 1. The van der Waals surface area contributed by atoms with E-state index in [1.54, 1.807) is 6.92 Å². The van der Waals surface area contributed by atoms with Gasteiger partial charge < -0.3 is 15.2 Å². The van der Waals surface area contributed by atoms with Crippen molar-refractivity contribution in [2.75, 3.05) is 11.9 Å². The van der Waals surface area contributed by atoms with Crippen molar-refractivity contribution in [3.05, 3.63) is 142 Å². The first-order valence-corrected chi connectivity index (χ1v) is 17.5. The number of halogens is 1. The van der Waals surface area contributed by atoms with E-state index < -0.39 is 27.1 Å². The highest BCUT2D eigenvalue weighted by atomic mass is 32.2. The van der Waals surface area contributed by atoms with E-state index in [1.165, 1.54) is 10.9 Å². The topological polar surface area (TPSA) is 118 Å². The number of anilines is 1. The van der Waals surface area contributed by atoms with Crippen LogP contribution in [0.4, 0.5) is 14.9 Å². The summed E-state index contributed by atoms with van der Waals surface area (Å²) >= 11 is 0. The van der Waals surface area contributed by atoms with E-state index in [0.29, 0.717) is 42.5 Å². The van der Waals surface area contributed by atoms with Crippen LogP contribution in [0.5, 0.6) is 5.88 Å². The lowest BCUT2D eigenvalue weighted by atomic mass is 9.76. The maximum Gasteiger partial charge on any atom is 0.331 e. The Morgan fingerprint density at radius 3 is 1.88 bits per heavy atom. The van der Waals surface area contributed by atoms with Gasteiger partial charge in [0.15, 0.2) is 15.5 Å². The summed E-state index contributed by atoms with van der Waals surface area (Å²) < 4.78 is 46.6. The van der Waals surface area contributed by atoms with Crippen molar-refractivity contribution in [1.82, 2.24) is 14.5 Å². The van der Waals surface area contributed by atoms with Gasteiger partial charge in [-0.05, 0) is 71.6 Å². The van der Waals surface area contributed by atoms with Crippen molar-refractivity contribution in [3.8, 4) is 5.88 Å². The van der Waals surface area contributed by atoms with Crippen LogP contribution >= 0.6 is 0 Å². The molecule has 4 aromatic carbocycles. The molecule has 0 radical (unpaired) electrons. The molecule has 0 unspecified atom stereocenters. The molecule has 1 aromatic heterocycles. The first-order valence-electron chi connectivity index (χ1n) is 16.0. The largest absolute Gasteiger partial charge is 0.466 e. The summed E-state index contributed by atoms with van der Waals surface area (Å²) in [5, 5.41) is 17.5. The zero-order valence-corrected chi connectivity index (χ0v) is 27.1. The van der Waals surface area contributed by atoms with Crippen LogP contribution in [0, 0.1) is 5.82 Å². The Morgan fingerprint density at radius 1 is 0.917 bits per heavy atom. The minimum absolute atomic E-state index is 0.0714. The molecule has 5 aromatic rings. The van der Waals surface area contributed by atoms with Gasteiger partial charge in [-0.3, -0.25) is 0 Å². The normalized spacial score (nSPS) is 18.6. The monoisotopic (exact) mass is 663 g/mol. The van der Waals surface area contributed by atoms with E-state index in [0.717, 1.165) is 27.8 Å². The Kier molecular flexibility index (Phi) is 7.15. The van der Waals surface area contributed by atoms with Gasteiger partial charge in [0.1, 0.15) is 16.3 Å². The number of ether oxygens (including phenoxy) is 1. The van der Waals surface area contributed by atoms with E-state index in [4.69, 9.17) is 9.10 Å². The van der Waals surface area contributed by atoms with Crippen LogP contribution in [0.1, 0.15) is 45.9 Å². The summed E-state index contributed by atoms with van der Waals surface area (Å²) in [4.78, 5) is 14.2. The average molecular weight is 664 g/mol. The number of hydrogen-bond donors (Lipinski definition) is 3. The van der Waals surface area contributed by atoms with Gasteiger partial charge in [-0.2, -0.15) is 9.46 Å². The fourth-order valence-electron chi connectivity index (χ4n) is 7.01. The van der Waals surface area contributed by atoms with Gasteiger partial charge >= 0.3 is 6.03 Å². The fourth-order valence-corrected chi connectivity index (χ4v) is 8.84. The number of hydrogen-bond acceptors (Lipinski definition) is 6. The predicted octanol–water partition coefficient (Wildman–Crippen LogP) is 5.92. The minimum atomic E-state index is -3.95. The lowest BCUT2D eigenvalue weighted by Gasteiger charge is -2.34. The Balaban J connectivity index is 1.35. The number of urea groups is 1. The van der Waals surface area contributed by atoms with Gasteiger partial charge in [-0.1, -0.05) is 91.0 Å². The highest BCUT2D eigenvalue weighted by Gasteiger charge is 2.43. The Labute approximate surface area is 278 Å². The number of benzene rings is 4. The van der Waals surface area contributed by atoms with Crippen molar-refractivity contribution in [2.45, 2.75) is 55.2 Å². The number of nitrogens with zero attached hydrogens (tertiary/aromatic N) is 3. The second-order valence-electron chi connectivity index (χ2n) is 12.8. The van der Waals surface area contributed by atoms with Gasteiger partial charge in [-0.15, -0.1) is 0 Å². The summed E-state index contributed by atoms with van der Waals surface area (Å²) in [5.74, 6) is -0.0150. The number of fused-ring (bicyclic) bond motifs is 3. The molecular weight excluding hydrogens is 630 g/mol. The fraction of sp³-hybridized carbons (Fsp3) is 0.243. The first kappa shape index (κ1) is 30.3. The highest BCUT2D eigenvalue weighted by Crippen LogP contribution is 2.45. The molecule has 9 nitrogen and oxygen atoms in total. The van der Waals surface area contributed by atoms with E-state index >= 15 is 4.21 Å². The third-order valence-corrected chi connectivity index (χ3v) is 11.5. The van der Waals surface area contributed by atoms with Gasteiger partial charge in [0.25, 0.3) is 0 Å². The number of carbonyl (C=O) groups excluding carboxylic acids is 1. The Bertz CT molecular complexity index is 2050. The summed E-state index contributed by atoms with van der Waals surface area (Å²) in [6.07, 6.45) is 3.95. The van der Waals surface area contributed by atoms with Crippen LogP contribution in [0.2, 0.25) is 0 Å². The van der Waals surface area contributed by atoms with E-state index in [-0.39, 0.29) is 29.7 Å². The van der Waals surface area contributed by atoms with Gasteiger partial charge in [0.05, 0.1) is 19.3 Å². The summed E-state index contributed by atoms with van der Waals surface area (Å²) in [7, 11) is -3.95. The molecule has 3 aliphatic rings. The molecule has 0 fully saturated rings. The molecule has 1 aliphatic heterocycles. The number of aliphatic hydroxyl groups excluding tert-OH is 1. The van der Waals surface area contributed by atoms with Crippen molar-refractivity contribution in [3.63, 3.8) is 0 Å². The number of nitrogens with one attached hydrogen (secondary N) is 2. The number of rotatable bonds is 8. The Hall–Kier alpha value is -5.00. The van der Waals surface area contributed by atoms with Crippen LogP contribution in [0.25, 0.3) is 0 Å².